The van der Waals surface area contributed by atoms with E-state index >= 15 is 0 Å². The SMILES string of the molecule is COC(=O)c1ccccc1N1C(=O)Nc2ccccc2C1CC(=O)OC(C)(C)C. The van der Waals surface area contributed by atoms with Gasteiger partial charge in [-0.1, -0.05) is 30.3 Å². The summed E-state index contributed by atoms with van der Waals surface area (Å²) in [5, 5.41) is 2.83. The van der Waals surface area contributed by atoms with Crippen LogP contribution in [0.2, 0.25) is 0 Å². The molecule has 2 aromatic carbocycles. The minimum atomic E-state index is -0.651. The lowest BCUT2D eigenvalue weighted by Gasteiger charge is -2.38. The van der Waals surface area contributed by atoms with Crippen molar-refractivity contribution in [1.82, 2.24) is 0 Å². The zero-order chi connectivity index (χ0) is 21.2. The summed E-state index contributed by atoms with van der Waals surface area (Å²) in [6.45, 7) is 5.37. The highest BCUT2D eigenvalue weighted by Gasteiger charge is 2.37. The molecule has 2 aromatic rings. The fraction of sp³-hybridized carbons (Fsp3) is 0.318. The van der Waals surface area contributed by atoms with Crippen LogP contribution in [0.3, 0.4) is 0 Å². The van der Waals surface area contributed by atoms with Gasteiger partial charge in [-0.05, 0) is 44.5 Å². The number of urea groups is 1. The number of nitrogens with one attached hydrogen (secondary N) is 1. The first kappa shape index (κ1) is 20.4. The van der Waals surface area contributed by atoms with Crippen molar-refractivity contribution < 1.29 is 23.9 Å². The number of hydrogen-bond donors (Lipinski definition) is 1. The van der Waals surface area contributed by atoms with Crippen LogP contribution in [0.25, 0.3) is 0 Å². The van der Waals surface area contributed by atoms with Gasteiger partial charge < -0.3 is 14.8 Å². The molecule has 0 fully saturated rings. The summed E-state index contributed by atoms with van der Waals surface area (Å²) < 4.78 is 10.4. The highest BCUT2D eigenvalue weighted by Crippen LogP contribution is 2.40. The van der Waals surface area contributed by atoms with Gasteiger partial charge in [0.05, 0.1) is 30.8 Å². The van der Waals surface area contributed by atoms with Gasteiger partial charge in [0.2, 0.25) is 0 Å². The molecule has 0 aliphatic carbocycles. The maximum Gasteiger partial charge on any atom is 0.339 e. The average Bonchev–Trinajstić information content (AvgIpc) is 2.66. The lowest BCUT2D eigenvalue weighted by molar-refractivity contribution is -0.155. The zero-order valence-corrected chi connectivity index (χ0v) is 16.9. The molecule has 1 unspecified atom stereocenters. The number of nitrogens with zero attached hydrogens (tertiary/aromatic N) is 1. The van der Waals surface area contributed by atoms with Gasteiger partial charge in [-0.3, -0.25) is 9.69 Å². The van der Waals surface area contributed by atoms with Gasteiger partial charge in [0.15, 0.2) is 0 Å². The highest BCUT2D eigenvalue weighted by atomic mass is 16.6. The minimum absolute atomic E-state index is 0.0583. The Balaban J connectivity index is 2.08. The summed E-state index contributed by atoms with van der Waals surface area (Å²) in [6.07, 6.45) is -0.0583. The van der Waals surface area contributed by atoms with Crippen LogP contribution in [-0.4, -0.2) is 30.7 Å². The Kier molecular flexibility index (Phi) is 5.59. The minimum Gasteiger partial charge on any atom is -0.465 e. The second kappa shape index (κ2) is 7.95. The first-order chi connectivity index (χ1) is 13.7. The molecule has 1 aliphatic heterocycles. The van der Waals surface area contributed by atoms with Gasteiger partial charge in [0.1, 0.15) is 5.60 Å². The van der Waals surface area contributed by atoms with Gasteiger partial charge in [-0.15, -0.1) is 0 Å². The molecule has 0 spiro atoms. The molecule has 0 saturated carbocycles. The standard InChI is InChI=1S/C22H24N2O5/c1-22(2,3)29-19(25)13-18-14-9-5-7-11-16(14)23-21(27)24(18)17-12-8-6-10-15(17)20(26)28-4/h5-12,18H,13H2,1-4H3,(H,23,27). The Morgan fingerprint density at radius 3 is 2.41 bits per heavy atom. The van der Waals surface area contributed by atoms with Gasteiger partial charge in [0.25, 0.3) is 0 Å². The molecule has 29 heavy (non-hydrogen) atoms. The Morgan fingerprint density at radius 2 is 1.72 bits per heavy atom. The van der Waals surface area contributed by atoms with E-state index in [1.807, 2.05) is 18.2 Å². The van der Waals surface area contributed by atoms with Crippen molar-refractivity contribution in [2.75, 3.05) is 17.3 Å². The van der Waals surface area contributed by atoms with E-state index in [4.69, 9.17) is 9.47 Å². The van der Waals surface area contributed by atoms with Crippen molar-refractivity contribution in [1.29, 1.82) is 0 Å². The van der Waals surface area contributed by atoms with Crippen LogP contribution in [0.1, 0.15) is 49.2 Å². The number of amides is 2. The van der Waals surface area contributed by atoms with E-state index in [9.17, 15) is 14.4 Å². The van der Waals surface area contributed by atoms with E-state index in [2.05, 4.69) is 5.32 Å². The predicted octanol–water partition coefficient (Wildman–Crippen LogP) is 4.30. The monoisotopic (exact) mass is 396 g/mol. The van der Waals surface area contributed by atoms with Crippen LogP contribution >= 0.6 is 0 Å². The van der Waals surface area contributed by atoms with Gasteiger partial charge in [-0.2, -0.15) is 0 Å². The van der Waals surface area contributed by atoms with E-state index < -0.39 is 29.6 Å². The summed E-state index contributed by atoms with van der Waals surface area (Å²) in [7, 11) is 1.28. The van der Waals surface area contributed by atoms with Crippen molar-refractivity contribution in [3.05, 3.63) is 59.7 Å². The number of fused-ring (bicyclic) bond motifs is 1. The van der Waals surface area contributed by atoms with Crippen LogP contribution in [0.4, 0.5) is 16.2 Å². The fourth-order valence-corrected chi connectivity index (χ4v) is 3.34. The Bertz CT molecular complexity index is 948. The number of rotatable bonds is 4. The third-order valence-electron chi connectivity index (χ3n) is 4.44. The van der Waals surface area contributed by atoms with Crippen LogP contribution in [0.5, 0.6) is 0 Å². The normalized spacial score (nSPS) is 15.9. The van der Waals surface area contributed by atoms with Crippen molar-refractivity contribution >= 4 is 29.3 Å². The molecule has 7 heteroatoms. The smallest absolute Gasteiger partial charge is 0.339 e. The number of carbonyl (C=O) groups is 3. The molecule has 152 valence electrons. The lowest BCUT2D eigenvalue weighted by atomic mass is 9.96. The van der Waals surface area contributed by atoms with E-state index in [0.717, 1.165) is 5.56 Å². The summed E-state index contributed by atoms with van der Waals surface area (Å²) >= 11 is 0. The number of methoxy groups -OCH3 is 1. The quantitative estimate of drug-likeness (QED) is 0.779. The molecule has 0 bridgehead atoms. The average molecular weight is 396 g/mol. The van der Waals surface area contributed by atoms with Crippen LogP contribution < -0.4 is 10.2 Å². The molecule has 1 N–H and O–H groups in total. The molecule has 1 atom stereocenters. The maximum absolute atomic E-state index is 13.0. The highest BCUT2D eigenvalue weighted by molar-refractivity contribution is 6.09. The largest absolute Gasteiger partial charge is 0.465 e. The van der Waals surface area contributed by atoms with E-state index in [1.54, 1.807) is 51.1 Å². The number of hydrogen-bond acceptors (Lipinski definition) is 5. The first-order valence-corrected chi connectivity index (χ1v) is 9.29. The van der Waals surface area contributed by atoms with Gasteiger partial charge in [-0.25, -0.2) is 9.59 Å². The topological polar surface area (TPSA) is 84.9 Å². The van der Waals surface area contributed by atoms with E-state index in [0.29, 0.717) is 11.4 Å². The number of para-hydroxylation sites is 2. The Hall–Kier alpha value is -3.35. The molecular formula is C22H24N2O5. The van der Waals surface area contributed by atoms with Crippen molar-refractivity contribution in [2.24, 2.45) is 0 Å². The number of anilines is 2. The van der Waals surface area contributed by atoms with Crippen LogP contribution in [0, 0.1) is 0 Å². The summed E-state index contributed by atoms with van der Waals surface area (Å²) in [5.41, 5.74) is 1.33. The third kappa shape index (κ3) is 4.39. The maximum atomic E-state index is 13.0. The molecule has 0 radical (unpaired) electrons. The number of benzene rings is 2. The lowest BCUT2D eigenvalue weighted by Crippen LogP contribution is -2.44. The van der Waals surface area contributed by atoms with Crippen molar-refractivity contribution in [3.63, 3.8) is 0 Å². The van der Waals surface area contributed by atoms with Crippen LogP contribution in [-0.2, 0) is 14.3 Å². The van der Waals surface area contributed by atoms with Crippen LogP contribution in [0.15, 0.2) is 48.5 Å². The molecular weight excluding hydrogens is 372 g/mol. The fourth-order valence-electron chi connectivity index (χ4n) is 3.34. The summed E-state index contributed by atoms with van der Waals surface area (Å²) in [5.74, 6) is -1.00. The van der Waals surface area contributed by atoms with Gasteiger partial charge in [0, 0.05) is 5.69 Å². The molecule has 0 saturated heterocycles. The second-order valence-corrected chi connectivity index (χ2v) is 7.70. The van der Waals surface area contributed by atoms with Crippen molar-refractivity contribution in [2.45, 2.75) is 38.8 Å². The number of esters is 2. The van der Waals surface area contributed by atoms with Gasteiger partial charge >= 0.3 is 18.0 Å². The molecule has 1 heterocycles. The first-order valence-electron chi connectivity index (χ1n) is 9.29. The second-order valence-electron chi connectivity index (χ2n) is 7.70. The van der Waals surface area contributed by atoms with Crippen molar-refractivity contribution in [3.8, 4) is 0 Å². The third-order valence-corrected chi connectivity index (χ3v) is 4.44. The molecule has 1 aliphatic rings. The number of ether oxygens (including phenoxy) is 2. The zero-order valence-electron chi connectivity index (χ0n) is 16.9. The molecule has 2 amide bonds. The van der Waals surface area contributed by atoms with E-state index in [1.165, 1.54) is 12.0 Å². The summed E-state index contributed by atoms with van der Waals surface area (Å²) in [6, 6.07) is 12.8. The van der Waals surface area contributed by atoms with E-state index in [-0.39, 0.29) is 12.0 Å². The predicted molar refractivity (Wildman–Crippen MR) is 109 cm³/mol. The molecule has 0 aromatic heterocycles. The molecule has 3 rings (SSSR count). The Morgan fingerprint density at radius 1 is 1.07 bits per heavy atom. The summed E-state index contributed by atoms with van der Waals surface area (Å²) in [4.78, 5) is 39.3. The molecule has 7 nitrogen and oxygen atoms in total. The Labute approximate surface area is 169 Å². The number of carbonyl (C=O) groups excluding carboxylic acids is 3.